The van der Waals surface area contributed by atoms with Gasteiger partial charge in [0.2, 0.25) is 0 Å². The average Bonchev–Trinajstić information content (AvgIpc) is 3.32. The fourth-order valence-electron chi connectivity index (χ4n) is 4.49. The molecular formula is C25H33N5O. The van der Waals surface area contributed by atoms with E-state index >= 15 is 0 Å². The summed E-state index contributed by atoms with van der Waals surface area (Å²) in [5.74, 6) is 0.895. The van der Waals surface area contributed by atoms with Gasteiger partial charge in [-0.3, -0.25) is 4.90 Å². The first-order chi connectivity index (χ1) is 15.2. The lowest BCUT2D eigenvalue weighted by atomic mass is 10.0. The molecule has 1 atom stereocenters. The van der Waals surface area contributed by atoms with E-state index in [0.29, 0.717) is 12.6 Å². The van der Waals surface area contributed by atoms with Gasteiger partial charge in [0.05, 0.1) is 13.7 Å². The molecule has 1 aromatic heterocycles. The fraction of sp³-hybridized carbons (Fsp3) is 0.440. The third-order valence-corrected chi connectivity index (χ3v) is 6.24. The lowest BCUT2D eigenvalue weighted by molar-refractivity contribution is 0.112. The first-order valence-electron chi connectivity index (χ1n) is 11.2. The van der Waals surface area contributed by atoms with Crippen molar-refractivity contribution in [1.29, 1.82) is 0 Å². The number of ether oxygens (including phenoxy) is 1. The summed E-state index contributed by atoms with van der Waals surface area (Å²) in [6, 6.07) is 17.9. The van der Waals surface area contributed by atoms with Gasteiger partial charge in [-0.05, 0) is 56.1 Å². The predicted molar refractivity (Wildman–Crippen MR) is 123 cm³/mol. The van der Waals surface area contributed by atoms with Gasteiger partial charge in [-0.2, -0.15) is 5.10 Å². The minimum Gasteiger partial charge on any atom is -0.496 e. The van der Waals surface area contributed by atoms with Crippen LogP contribution in [-0.2, 0) is 19.5 Å². The predicted octanol–water partition coefficient (Wildman–Crippen LogP) is 3.47. The molecule has 0 unspecified atom stereocenters. The average molecular weight is 420 g/mol. The maximum absolute atomic E-state index is 5.57. The monoisotopic (exact) mass is 419 g/mol. The van der Waals surface area contributed by atoms with E-state index in [-0.39, 0.29) is 0 Å². The molecule has 0 saturated carbocycles. The van der Waals surface area contributed by atoms with Crippen LogP contribution in [0.15, 0.2) is 61.2 Å². The first kappa shape index (κ1) is 21.5. The molecule has 0 radical (unpaired) electrons. The Kier molecular flexibility index (Phi) is 7.33. The van der Waals surface area contributed by atoms with Gasteiger partial charge in [0.15, 0.2) is 0 Å². The molecule has 1 aliphatic rings. The number of aromatic nitrogens is 3. The zero-order valence-electron chi connectivity index (χ0n) is 18.7. The normalized spacial score (nSPS) is 17.2. The Morgan fingerprint density at radius 3 is 2.77 bits per heavy atom. The lowest BCUT2D eigenvalue weighted by Gasteiger charge is -2.38. The van der Waals surface area contributed by atoms with E-state index in [0.717, 1.165) is 37.4 Å². The Labute approximate surface area is 185 Å². The highest BCUT2D eigenvalue weighted by Crippen LogP contribution is 2.23. The molecule has 4 rings (SSSR count). The van der Waals surface area contributed by atoms with Crippen molar-refractivity contribution in [3.8, 4) is 5.75 Å². The maximum Gasteiger partial charge on any atom is 0.137 e. The number of hydrogen-bond acceptors (Lipinski definition) is 5. The third-order valence-electron chi connectivity index (χ3n) is 6.24. The number of methoxy groups -OCH3 is 1. The highest BCUT2D eigenvalue weighted by Gasteiger charge is 2.23. The Bertz CT molecular complexity index is 928. The Morgan fingerprint density at radius 1 is 1.13 bits per heavy atom. The zero-order chi connectivity index (χ0) is 21.5. The van der Waals surface area contributed by atoms with Crippen molar-refractivity contribution < 1.29 is 4.74 Å². The zero-order valence-corrected chi connectivity index (χ0v) is 18.7. The summed E-state index contributed by atoms with van der Waals surface area (Å²) in [4.78, 5) is 9.18. The summed E-state index contributed by atoms with van der Waals surface area (Å²) in [6.07, 6.45) is 6.96. The van der Waals surface area contributed by atoms with Gasteiger partial charge in [-0.1, -0.05) is 36.4 Å². The van der Waals surface area contributed by atoms with E-state index in [1.165, 1.54) is 30.5 Å². The molecule has 3 aromatic rings. The highest BCUT2D eigenvalue weighted by atomic mass is 16.5. The van der Waals surface area contributed by atoms with Crippen LogP contribution in [0.4, 0.5) is 0 Å². The molecule has 6 nitrogen and oxygen atoms in total. The quantitative estimate of drug-likeness (QED) is 0.531. The number of likely N-dealkylation sites (N-methyl/N-ethyl adjacent to an activating group) is 1. The molecule has 0 aliphatic carbocycles. The molecule has 0 spiro atoms. The Balaban J connectivity index is 1.35. The van der Waals surface area contributed by atoms with E-state index in [1.54, 1.807) is 19.8 Å². The number of likely N-dealkylation sites (tertiary alicyclic amines) is 1. The van der Waals surface area contributed by atoms with E-state index in [4.69, 9.17) is 4.74 Å². The summed E-state index contributed by atoms with van der Waals surface area (Å²) in [6.45, 7) is 5.09. The van der Waals surface area contributed by atoms with Crippen LogP contribution in [0.1, 0.15) is 29.5 Å². The number of rotatable bonds is 9. The summed E-state index contributed by atoms with van der Waals surface area (Å²) >= 11 is 0. The molecule has 1 fully saturated rings. The van der Waals surface area contributed by atoms with E-state index in [1.807, 2.05) is 4.68 Å². The standard InChI is InChI=1S/C25H33N5O/c1-28(24-9-6-13-29(18-24)14-12-21-7-4-3-5-8-21)16-22-10-11-25(31-2)23(15-22)17-30-20-26-19-27-30/h3-5,7-8,10-11,15,19-20,24H,6,9,12-14,16-18H2,1-2H3/t24-/m0/s1. The minimum absolute atomic E-state index is 0.588. The van der Waals surface area contributed by atoms with Crippen LogP contribution in [0.2, 0.25) is 0 Å². The summed E-state index contributed by atoms with van der Waals surface area (Å²) in [5.41, 5.74) is 3.86. The second-order valence-electron chi connectivity index (χ2n) is 8.49. The van der Waals surface area contributed by atoms with Gasteiger partial charge in [-0.25, -0.2) is 9.67 Å². The first-order valence-corrected chi connectivity index (χ1v) is 11.2. The highest BCUT2D eigenvalue weighted by molar-refractivity contribution is 5.37. The molecule has 164 valence electrons. The summed E-state index contributed by atoms with van der Waals surface area (Å²) in [7, 11) is 3.98. The number of nitrogens with zero attached hydrogens (tertiary/aromatic N) is 5. The van der Waals surface area contributed by atoms with Crippen molar-refractivity contribution in [2.45, 2.75) is 38.4 Å². The van der Waals surface area contributed by atoms with Gasteiger partial charge < -0.3 is 9.64 Å². The van der Waals surface area contributed by atoms with E-state index in [9.17, 15) is 0 Å². The molecule has 2 aromatic carbocycles. The SMILES string of the molecule is COc1ccc(CN(C)[C@H]2CCCN(CCc3ccccc3)C2)cc1Cn1cncn1. The second kappa shape index (κ2) is 10.6. The largest absolute Gasteiger partial charge is 0.496 e. The van der Waals surface area contributed by atoms with Crippen LogP contribution in [0.25, 0.3) is 0 Å². The third kappa shape index (κ3) is 5.93. The molecule has 31 heavy (non-hydrogen) atoms. The van der Waals surface area contributed by atoms with Crippen molar-refractivity contribution in [3.63, 3.8) is 0 Å². The lowest BCUT2D eigenvalue weighted by Crippen LogP contribution is -2.46. The number of hydrogen-bond donors (Lipinski definition) is 0. The van der Waals surface area contributed by atoms with E-state index < -0.39 is 0 Å². The van der Waals surface area contributed by atoms with E-state index in [2.05, 4.69) is 75.5 Å². The van der Waals surface area contributed by atoms with Crippen LogP contribution >= 0.6 is 0 Å². The molecule has 1 aliphatic heterocycles. The van der Waals surface area contributed by atoms with Crippen molar-refractivity contribution in [2.24, 2.45) is 0 Å². The molecule has 0 N–H and O–H groups in total. The van der Waals surface area contributed by atoms with Crippen molar-refractivity contribution in [1.82, 2.24) is 24.6 Å². The Morgan fingerprint density at radius 2 is 2.00 bits per heavy atom. The van der Waals surface area contributed by atoms with Crippen LogP contribution in [0, 0.1) is 0 Å². The molecular weight excluding hydrogens is 386 g/mol. The van der Waals surface area contributed by atoms with Gasteiger partial charge in [-0.15, -0.1) is 0 Å². The number of benzene rings is 2. The topological polar surface area (TPSA) is 46.4 Å². The summed E-state index contributed by atoms with van der Waals surface area (Å²) < 4.78 is 7.40. The maximum atomic E-state index is 5.57. The van der Waals surface area contributed by atoms with Gasteiger partial charge in [0, 0.05) is 31.2 Å². The van der Waals surface area contributed by atoms with Crippen molar-refractivity contribution in [3.05, 3.63) is 77.9 Å². The second-order valence-corrected chi connectivity index (χ2v) is 8.49. The van der Waals surface area contributed by atoms with Crippen LogP contribution in [-0.4, -0.2) is 64.4 Å². The fourth-order valence-corrected chi connectivity index (χ4v) is 4.49. The molecule has 6 heteroatoms. The van der Waals surface area contributed by atoms with Crippen LogP contribution < -0.4 is 4.74 Å². The van der Waals surface area contributed by atoms with Crippen LogP contribution in [0.5, 0.6) is 5.75 Å². The minimum atomic E-state index is 0.588. The molecule has 0 amide bonds. The van der Waals surface area contributed by atoms with Crippen molar-refractivity contribution >= 4 is 0 Å². The van der Waals surface area contributed by atoms with Crippen molar-refractivity contribution in [2.75, 3.05) is 33.8 Å². The smallest absolute Gasteiger partial charge is 0.137 e. The van der Waals surface area contributed by atoms with Gasteiger partial charge >= 0.3 is 0 Å². The van der Waals surface area contributed by atoms with Crippen LogP contribution in [0.3, 0.4) is 0 Å². The summed E-state index contributed by atoms with van der Waals surface area (Å²) in [5, 5.41) is 4.23. The Hall–Kier alpha value is -2.70. The van der Waals surface area contributed by atoms with Gasteiger partial charge in [0.1, 0.15) is 18.4 Å². The number of piperidine rings is 1. The molecule has 0 bridgehead atoms. The van der Waals surface area contributed by atoms with Gasteiger partial charge in [0.25, 0.3) is 0 Å². The molecule has 2 heterocycles. The molecule has 1 saturated heterocycles.